The van der Waals surface area contributed by atoms with E-state index in [1.165, 1.54) is 5.56 Å². The van der Waals surface area contributed by atoms with E-state index in [0.29, 0.717) is 12.5 Å². The standard InChI is InChI=1S/C16H22N2O2/c17-10-12-5-1-7-13(12)16(19)18-14-8-2-4-11-6-3-9-20-15(11)14/h2,4,8,12-13H,1,3,5-7,9-10,17H2,(H,18,19)/t12-,13-/m1/s1. The van der Waals surface area contributed by atoms with Crippen LogP contribution in [0.1, 0.15) is 31.2 Å². The molecule has 2 atom stereocenters. The molecule has 3 N–H and O–H groups in total. The van der Waals surface area contributed by atoms with Gasteiger partial charge in [0.15, 0.2) is 0 Å². The van der Waals surface area contributed by atoms with Crippen LogP contribution in [0.4, 0.5) is 5.69 Å². The van der Waals surface area contributed by atoms with Crippen molar-refractivity contribution in [2.24, 2.45) is 17.6 Å². The number of nitrogens with two attached hydrogens (primary N) is 1. The maximum absolute atomic E-state index is 12.4. The maximum Gasteiger partial charge on any atom is 0.227 e. The van der Waals surface area contributed by atoms with Crippen LogP contribution in [0, 0.1) is 11.8 Å². The quantitative estimate of drug-likeness (QED) is 0.889. The molecule has 1 aliphatic heterocycles. The van der Waals surface area contributed by atoms with Gasteiger partial charge in [0.25, 0.3) is 0 Å². The Morgan fingerprint density at radius 2 is 2.25 bits per heavy atom. The minimum absolute atomic E-state index is 0.0550. The Bertz CT molecular complexity index is 501. The Labute approximate surface area is 119 Å². The molecule has 0 unspecified atom stereocenters. The fourth-order valence-corrected chi connectivity index (χ4v) is 3.38. The van der Waals surface area contributed by atoms with Gasteiger partial charge in [0.1, 0.15) is 5.75 Å². The highest BCUT2D eigenvalue weighted by molar-refractivity contribution is 5.94. The van der Waals surface area contributed by atoms with Crippen molar-refractivity contribution >= 4 is 11.6 Å². The molecule has 1 amide bonds. The summed E-state index contributed by atoms with van der Waals surface area (Å²) in [5.74, 6) is 1.34. The summed E-state index contributed by atoms with van der Waals surface area (Å²) in [6.07, 6.45) is 5.18. The van der Waals surface area contributed by atoms with Crippen molar-refractivity contribution in [1.29, 1.82) is 0 Å². The molecular formula is C16H22N2O2. The second-order valence-corrected chi connectivity index (χ2v) is 5.77. The number of hydrogen-bond donors (Lipinski definition) is 2. The molecule has 2 aliphatic rings. The van der Waals surface area contributed by atoms with Crippen molar-refractivity contribution in [1.82, 2.24) is 0 Å². The predicted molar refractivity (Wildman–Crippen MR) is 78.8 cm³/mol. The summed E-state index contributed by atoms with van der Waals surface area (Å²) < 4.78 is 5.73. The minimum atomic E-state index is 0.0550. The molecule has 0 spiro atoms. The molecule has 1 heterocycles. The number of ether oxygens (including phenoxy) is 1. The van der Waals surface area contributed by atoms with E-state index in [0.717, 1.165) is 50.1 Å². The highest BCUT2D eigenvalue weighted by atomic mass is 16.5. The summed E-state index contributed by atoms with van der Waals surface area (Å²) >= 11 is 0. The van der Waals surface area contributed by atoms with E-state index in [1.807, 2.05) is 12.1 Å². The summed E-state index contributed by atoms with van der Waals surface area (Å²) in [4.78, 5) is 12.4. The Hall–Kier alpha value is -1.55. The van der Waals surface area contributed by atoms with Gasteiger partial charge in [0.05, 0.1) is 12.3 Å². The number of aryl methyl sites for hydroxylation is 1. The third-order valence-corrected chi connectivity index (χ3v) is 4.49. The van der Waals surface area contributed by atoms with Crippen LogP contribution in [0.5, 0.6) is 5.75 Å². The SMILES string of the molecule is NC[C@H]1CCC[C@H]1C(=O)Nc1cccc2c1OCCC2. The molecule has 1 fully saturated rings. The molecule has 4 heteroatoms. The van der Waals surface area contributed by atoms with Crippen molar-refractivity contribution in [3.05, 3.63) is 23.8 Å². The average Bonchev–Trinajstić information content (AvgIpc) is 2.96. The van der Waals surface area contributed by atoms with E-state index in [9.17, 15) is 4.79 Å². The van der Waals surface area contributed by atoms with Crippen LogP contribution >= 0.6 is 0 Å². The second kappa shape index (κ2) is 5.83. The molecule has 3 rings (SSSR count). The first-order chi connectivity index (χ1) is 9.79. The van der Waals surface area contributed by atoms with Crippen LogP contribution in [0.2, 0.25) is 0 Å². The van der Waals surface area contributed by atoms with Crippen LogP contribution in [0.25, 0.3) is 0 Å². The van der Waals surface area contributed by atoms with Crippen molar-refractivity contribution in [3.8, 4) is 5.75 Å². The Kier molecular flexibility index (Phi) is 3.92. The average molecular weight is 274 g/mol. The van der Waals surface area contributed by atoms with E-state index in [1.54, 1.807) is 0 Å². The van der Waals surface area contributed by atoms with E-state index < -0.39 is 0 Å². The molecule has 1 aromatic carbocycles. The molecule has 0 radical (unpaired) electrons. The highest BCUT2D eigenvalue weighted by Crippen LogP contribution is 2.35. The largest absolute Gasteiger partial charge is 0.491 e. The monoisotopic (exact) mass is 274 g/mol. The summed E-state index contributed by atoms with van der Waals surface area (Å²) in [5, 5.41) is 3.06. The van der Waals surface area contributed by atoms with E-state index in [-0.39, 0.29) is 11.8 Å². The lowest BCUT2D eigenvalue weighted by Crippen LogP contribution is -2.30. The van der Waals surface area contributed by atoms with E-state index >= 15 is 0 Å². The van der Waals surface area contributed by atoms with Crippen molar-refractivity contribution in [2.75, 3.05) is 18.5 Å². The topological polar surface area (TPSA) is 64.4 Å². The molecule has 1 aliphatic carbocycles. The van der Waals surface area contributed by atoms with Gasteiger partial charge in [-0.2, -0.15) is 0 Å². The number of anilines is 1. The number of benzene rings is 1. The molecule has 20 heavy (non-hydrogen) atoms. The van der Waals surface area contributed by atoms with Crippen LogP contribution in [0.3, 0.4) is 0 Å². The summed E-state index contributed by atoms with van der Waals surface area (Å²) in [6.45, 7) is 1.33. The number of nitrogens with one attached hydrogen (secondary N) is 1. The number of carbonyl (C=O) groups is 1. The Morgan fingerprint density at radius 1 is 1.35 bits per heavy atom. The predicted octanol–water partition coefficient (Wildman–Crippen LogP) is 2.33. The normalized spacial score (nSPS) is 24.9. The maximum atomic E-state index is 12.4. The Balaban J connectivity index is 1.76. The van der Waals surface area contributed by atoms with Gasteiger partial charge in [-0.3, -0.25) is 4.79 Å². The number of hydrogen-bond acceptors (Lipinski definition) is 3. The number of rotatable bonds is 3. The number of fused-ring (bicyclic) bond motifs is 1. The van der Waals surface area contributed by atoms with Crippen molar-refractivity contribution in [3.63, 3.8) is 0 Å². The highest BCUT2D eigenvalue weighted by Gasteiger charge is 2.32. The van der Waals surface area contributed by atoms with Gasteiger partial charge >= 0.3 is 0 Å². The summed E-state index contributed by atoms with van der Waals surface area (Å²) in [5.41, 5.74) is 7.77. The molecule has 0 aromatic heterocycles. The number of para-hydroxylation sites is 1. The van der Waals surface area contributed by atoms with Crippen LogP contribution in [-0.4, -0.2) is 19.1 Å². The fraction of sp³-hybridized carbons (Fsp3) is 0.562. The zero-order valence-corrected chi connectivity index (χ0v) is 11.7. The summed E-state index contributed by atoms with van der Waals surface area (Å²) in [7, 11) is 0. The zero-order valence-electron chi connectivity index (χ0n) is 11.7. The molecule has 108 valence electrons. The molecule has 1 saturated carbocycles. The molecule has 0 saturated heterocycles. The van der Waals surface area contributed by atoms with Gasteiger partial charge in [-0.15, -0.1) is 0 Å². The van der Waals surface area contributed by atoms with Crippen molar-refractivity contribution < 1.29 is 9.53 Å². The molecule has 0 bridgehead atoms. The van der Waals surface area contributed by atoms with Crippen LogP contribution in [0.15, 0.2) is 18.2 Å². The molecule has 1 aromatic rings. The lowest BCUT2D eigenvalue weighted by molar-refractivity contribution is -0.120. The van der Waals surface area contributed by atoms with Crippen molar-refractivity contribution in [2.45, 2.75) is 32.1 Å². The first-order valence-corrected chi connectivity index (χ1v) is 7.55. The first-order valence-electron chi connectivity index (χ1n) is 7.55. The zero-order chi connectivity index (χ0) is 13.9. The second-order valence-electron chi connectivity index (χ2n) is 5.77. The van der Waals surface area contributed by atoms with E-state index in [2.05, 4.69) is 11.4 Å². The third kappa shape index (κ3) is 2.52. The van der Waals surface area contributed by atoms with Gasteiger partial charge in [0, 0.05) is 5.92 Å². The van der Waals surface area contributed by atoms with E-state index in [4.69, 9.17) is 10.5 Å². The minimum Gasteiger partial charge on any atom is -0.491 e. The van der Waals surface area contributed by atoms with Gasteiger partial charge in [-0.05, 0) is 49.8 Å². The van der Waals surface area contributed by atoms with Gasteiger partial charge in [0.2, 0.25) is 5.91 Å². The first kappa shape index (κ1) is 13.4. The molecular weight excluding hydrogens is 252 g/mol. The summed E-state index contributed by atoms with van der Waals surface area (Å²) in [6, 6.07) is 5.98. The van der Waals surface area contributed by atoms with Crippen LogP contribution in [-0.2, 0) is 11.2 Å². The van der Waals surface area contributed by atoms with Gasteiger partial charge in [-0.1, -0.05) is 18.6 Å². The smallest absolute Gasteiger partial charge is 0.227 e. The third-order valence-electron chi connectivity index (χ3n) is 4.49. The number of carbonyl (C=O) groups excluding carboxylic acids is 1. The van der Waals surface area contributed by atoms with Gasteiger partial charge in [-0.25, -0.2) is 0 Å². The fourth-order valence-electron chi connectivity index (χ4n) is 3.38. The number of amides is 1. The molecule has 4 nitrogen and oxygen atoms in total. The lowest BCUT2D eigenvalue weighted by Gasteiger charge is -2.22. The Morgan fingerprint density at radius 3 is 3.10 bits per heavy atom. The lowest BCUT2D eigenvalue weighted by atomic mass is 9.95. The van der Waals surface area contributed by atoms with Gasteiger partial charge < -0.3 is 15.8 Å². The van der Waals surface area contributed by atoms with Crippen LogP contribution < -0.4 is 15.8 Å².